The highest BCUT2D eigenvalue weighted by molar-refractivity contribution is 8.09. The molecule has 2 rings (SSSR count). The molecule has 4 unspecified atom stereocenters. The van der Waals surface area contributed by atoms with Gasteiger partial charge >= 0.3 is 0 Å². The zero-order chi connectivity index (χ0) is 21.8. The van der Waals surface area contributed by atoms with E-state index >= 15 is 0 Å². The highest BCUT2D eigenvalue weighted by atomic mass is 32.2. The van der Waals surface area contributed by atoms with E-state index in [9.17, 15) is 14.4 Å². The Bertz CT molecular complexity index is 754. The van der Waals surface area contributed by atoms with Crippen LogP contribution in [-0.4, -0.2) is 43.5 Å². The van der Waals surface area contributed by atoms with Crippen molar-refractivity contribution in [3.05, 3.63) is 35.9 Å². The first-order valence-electron chi connectivity index (χ1n) is 10.3. The Balaban J connectivity index is 2.25. The molecule has 0 aliphatic carbocycles. The van der Waals surface area contributed by atoms with Crippen molar-refractivity contribution in [3.8, 4) is 0 Å². The predicted molar refractivity (Wildman–Crippen MR) is 124 cm³/mol. The molecule has 0 aromatic heterocycles. The average Bonchev–Trinajstić information content (AvgIpc) is 2.69. The first kappa shape index (κ1) is 24.0. The monoisotopic (exact) mass is 435 g/mol. The normalized spacial score (nSPS) is 30.4. The van der Waals surface area contributed by atoms with E-state index in [1.54, 1.807) is 30.4 Å². The van der Waals surface area contributed by atoms with Crippen LogP contribution in [0.4, 0.5) is 0 Å². The summed E-state index contributed by atoms with van der Waals surface area (Å²) in [6, 6.07) is 9.08. The maximum absolute atomic E-state index is 13.3. The number of carbonyl (C=O) groups is 3. The number of hydrogen-bond acceptors (Lipinski definition) is 5. The minimum atomic E-state index is -0.588. The molecule has 1 N–H and O–H groups in total. The van der Waals surface area contributed by atoms with Crippen molar-refractivity contribution in [2.75, 3.05) is 0 Å². The molecule has 0 bridgehead atoms. The third kappa shape index (κ3) is 5.26. The van der Waals surface area contributed by atoms with Gasteiger partial charge in [-0.3, -0.25) is 14.4 Å². The summed E-state index contributed by atoms with van der Waals surface area (Å²) in [4.78, 5) is 37.9. The molecule has 1 aromatic carbocycles. The van der Waals surface area contributed by atoms with Gasteiger partial charge in [0.25, 0.3) is 0 Å². The van der Waals surface area contributed by atoms with E-state index in [-0.39, 0.29) is 27.0 Å². The molecule has 1 aliphatic rings. The molecule has 5 atom stereocenters. The summed E-state index contributed by atoms with van der Waals surface area (Å²) in [6.45, 7) is 11.7. The predicted octanol–water partition coefficient (Wildman–Crippen LogP) is 4.45. The van der Waals surface area contributed by atoms with Gasteiger partial charge in [0.15, 0.2) is 5.78 Å². The quantitative estimate of drug-likeness (QED) is 0.654. The number of nitrogens with one attached hydrogen (secondary N) is 1. The Hall–Kier alpha value is -1.27. The van der Waals surface area contributed by atoms with Crippen LogP contribution in [0.5, 0.6) is 0 Å². The Kier molecular flexibility index (Phi) is 8.02. The molecule has 1 saturated heterocycles. The van der Waals surface area contributed by atoms with Crippen molar-refractivity contribution >= 4 is 41.0 Å². The standard InChI is InChI=1S/C23H33NO3S2/c1-7-22(5)23(6,8-2)29-20(19(28-22)16(4)26)21(27)24-18(15(3)25)14-17-12-10-9-11-13-17/h9-13,18-20H,7-8,14H2,1-6H3,(H,24,27)/t18-,19?,20?,22?,23?/m0/s1. The third-order valence-corrected chi connectivity index (χ3v) is 10.7. The molecule has 1 aliphatic heterocycles. The second-order valence-electron chi connectivity index (χ2n) is 8.22. The maximum Gasteiger partial charge on any atom is 0.235 e. The summed E-state index contributed by atoms with van der Waals surface area (Å²) in [5.41, 5.74) is 0.999. The van der Waals surface area contributed by atoms with Crippen LogP contribution in [0.2, 0.25) is 0 Å². The van der Waals surface area contributed by atoms with E-state index in [0.29, 0.717) is 6.42 Å². The summed E-state index contributed by atoms with van der Waals surface area (Å²) in [7, 11) is 0. The molecule has 6 heteroatoms. The van der Waals surface area contributed by atoms with E-state index in [0.717, 1.165) is 18.4 Å². The van der Waals surface area contributed by atoms with Crippen molar-refractivity contribution in [2.24, 2.45) is 0 Å². The zero-order valence-corrected chi connectivity index (χ0v) is 19.9. The van der Waals surface area contributed by atoms with Gasteiger partial charge in [-0.25, -0.2) is 0 Å². The van der Waals surface area contributed by atoms with Crippen LogP contribution in [0.25, 0.3) is 0 Å². The second kappa shape index (κ2) is 9.69. The van der Waals surface area contributed by atoms with E-state index in [4.69, 9.17) is 0 Å². The van der Waals surface area contributed by atoms with Gasteiger partial charge < -0.3 is 5.32 Å². The SMILES string of the molecule is CCC1(C)SC(C(C)=O)C(C(=O)N[C@@H](Cc2ccccc2)C(C)=O)SC1(C)CC. The Morgan fingerprint density at radius 2 is 1.48 bits per heavy atom. The summed E-state index contributed by atoms with van der Waals surface area (Å²) >= 11 is 3.24. The number of benzene rings is 1. The molecule has 0 spiro atoms. The number of amides is 1. The minimum Gasteiger partial charge on any atom is -0.345 e. The second-order valence-corrected chi connectivity index (χ2v) is 11.5. The van der Waals surface area contributed by atoms with Crippen LogP contribution in [0.1, 0.15) is 59.9 Å². The van der Waals surface area contributed by atoms with Crippen molar-refractivity contribution in [2.45, 2.75) is 86.8 Å². The van der Waals surface area contributed by atoms with Gasteiger partial charge in [0.1, 0.15) is 11.0 Å². The lowest BCUT2D eigenvalue weighted by molar-refractivity contribution is -0.127. The van der Waals surface area contributed by atoms with Crippen LogP contribution >= 0.6 is 23.5 Å². The van der Waals surface area contributed by atoms with Crippen molar-refractivity contribution in [1.29, 1.82) is 0 Å². The van der Waals surface area contributed by atoms with Crippen LogP contribution in [0.15, 0.2) is 30.3 Å². The molecule has 4 nitrogen and oxygen atoms in total. The largest absolute Gasteiger partial charge is 0.345 e. The molecule has 1 aromatic rings. The lowest BCUT2D eigenvalue weighted by Gasteiger charge is -2.53. The number of rotatable bonds is 8. The van der Waals surface area contributed by atoms with Crippen LogP contribution in [0, 0.1) is 0 Å². The smallest absolute Gasteiger partial charge is 0.235 e. The number of ketones is 2. The summed E-state index contributed by atoms with van der Waals surface area (Å²) in [5.74, 6) is -0.272. The Morgan fingerprint density at radius 1 is 0.966 bits per heavy atom. The lowest BCUT2D eigenvalue weighted by Crippen LogP contribution is -2.58. The third-order valence-electron chi connectivity index (χ3n) is 6.27. The van der Waals surface area contributed by atoms with Crippen molar-refractivity contribution in [3.63, 3.8) is 0 Å². The van der Waals surface area contributed by atoms with Gasteiger partial charge in [-0.05, 0) is 52.5 Å². The van der Waals surface area contributed by atoms with E-state index < -0.39 is 16.5 Å². The highest BCUT2D eigenvalue weighted by Gasteiger charge is 2.54. The first-order chi connectivity index (χ1) is 13.6. The first-order valence-corrected chi connectivity index (χ1v) is 12.0. The molecular formula is C23H33NO3S2. The van der Waals surface area contributed by atoms with Crippen LogP contribution in [-0.2, 0) is 20.8 Å². The average molecular weight is 436 g/mol. The van der Waals surface area contributed by atoms with Gasteiger partial charge in [0.05, 0.1) is 11.3 Å². The van der Waals surface area contributed by atoms with Crippen molar-refractivity contribution < 1.29 is 14.4 Å². The number of hydrogen-bond donors (Lipinski definition) is 1. The summed E-state index contributed by atoms with van der Waals surface area (Å²) in [5, 5.41) is 2.04. The van der Waals surface area contributed by atoms with Gasteiger partial charge in [0, 0.05) is 9.49 Å². The van der Waals surface area contributed by atoms with E-state index in [2.05, 4.69) is 33.0 Å². The highest BCUT2D eigenvalue weighted by Crippen LogP contribution is 2.57. The topological polar surface area (TPSA) is 63.2 Å². The fourth-order valence-corrected chi connectivity index (χ4v) is 7.50. The number of thioether (sulfide) groups is 2. The Morgan fingerprint density at radius 3 is 1.93 bits per heavy atom. The number of Topliss-reactive ketones (excluding diaryl/α,β-unsaturated/α-hetero) is 2. The fourth-order valence-electron chi connectivity index (χ4n) is 3.74. The number of carbonyl (C=O) groups excluding carboxylic acids is 3. The molecule has 160 valence electrons. The summed E-state index contributed by atoms with van der Waals surface area (Å²) < 4.78 is -0.227. The fraction of sp³-hybridized carbons (Fsp3) is 0.609. The van der Waals surface area contributed by atoms with Crippen molar-refractivity contribution in [1.82, 2.24) is 5.32 Å². The van der Waals surface area contributed by atoms with E-state index in [1.165, 1.54) is 6.92 Å². The van der Waals surface area contributed by atoms with Crippen LogP contribution in [0.3, 0.4) is 0 Å². The molecule has 0 saturated carbocycles. The minimum absolute atomic E-state index is 0.0166. The molecule has 29 heavy (non-hydrogen) atoms. The van der Waals surface area contributed by atoms with Gasteiger partial charge in [-0.1, -0.05) is 44.2 Å². The molecule has 1 fully saturated rings. The maximum atomic E-state index is 13.3. The van der Waals surface area contributed by atoms with Gasteiger partial charge in [-0.2, -0.15) is 0 Å². The molecule has 1 heterocycles. The zero-order valence-electron chi connectivity index (χ0n) is 18.3. The van der Waals surface area contributed by atoms with Gasteiger partial charge in [0.2, 0.25) is 5.91 Å². The van der Waals surface area contributed by atoms with E-state index in [1.807, 2.05) is 30.3 Å². The summed E-state index contributed by atoms with van der Waals surface area (Å²) in [6.07, 6.45) is 2.29. The lowest BCUT2D eigenvalue weighted by atomic mass is 9.89. The van der Waals surface area contributed by atoms with Crippen LogP contribution < -0.4 is 5.32 Å². The molecule has 0 radical (unpaired) electrons. The molecular weight excluding hydrogens is 402 g/mol. The van der Waals surface area contributed by atoms with Gasteiger partial charge in [-0.15, -0.1) is 23.5 Å². The molecule has 1 amide bonds. The Labute approximate surface area is 183 Å².